The number of benzene rings is 1. The number of cyclic esters (lactones) is 1. The number of esters is 1. The minimum atomic E-state index is -0.635. The Labute approximate surface area is 141 Å². The van der Waals surface area contributed by atoms with Gasteiger partial charge < -0.3 is 9.64 Å². The lowest BCUT2D eigenvalue weighted by Crippen LogP contribution is -2.40. The molecule has 0 spiro atoms. The van der Waals surface area contributed by atoms with Crippen molar-refractivity contribution in [2.45, 2.75) is 39.3 Å². The Morgan fingerprint density at radius 2 is 2.17 bits per heavy atom. The van der Waals surface area contributed by atoms with Crippen LogP contribution in [-0.2, 0) is 20.9 Å². The van der Waals surface area contributed by atoms with Gasteiger partial charge in [0.15, 0.2) is 6.10 Å². The molecule has 5 heteroatoms. The van der Waals surface area contributed by atoms with Crippen LogP contribution in [0, 0.1) is 5.92 Å². The fourth-order valence-corrected chi connectivity index (χ4v) is 3.00. The number of pyridine rings is 1. The normalized spacial score (nSPS) is 17.3. The van der Waals surface area contributed by atoms with E-state index in [1.165, 1.54) is 0 Å². The minimum absolute atomic E-state index is 0.109. The highest BCUT2D eigenvalue weighted by Gasteiger charge is 2.33. The molecule has 5 nitrogen and oxygen atoms in total. The quantitative estimate of drug-likeness (QED) is 0.793. The van der Waals surface area contributed by atoms with E-state index >= 15 is 0 Å². The third-order valence-corrected chi connectivity index (χ3v) is 4.08. The van der Waals surface area contributed by atoms with E-state index in [0.717, 1.165) is 16.5 Å². The molecule has 1 aliphatic rings. The summed E-state index contributed by atoms with van der Waals surface area (Å²) < 4.78 is 5.15. The highest BCUT2D eigenvalue weighted by Crippen LogP contribution is 2.20. The van der Waals surface area contributed by atoms with Gasteiger partial charge in [-0.2, -0.15) is 0 Å². The summed E-state index contributed by atoms with van der Waals surface area (Å²) in [4.78, 5) is 30.3. The van der Waals surface area contributed by atoms with Crippen molar-refractivity contribution < 1.29 is 14.3 Å². The van der Waals surface area contributed by atoms with E-state index in [9.17, 15) is 9.59 Å². The van der Waals surface area contributed by atoms with Crippen LogP contribution < -0.4 is 0 Å². The molecule has 0 bridgehead atoms. The maximum Gasteiger partial charge on any atom is 0.306 e. The molecule has 1 fully saturated rings. The highest BCUT2D eigenvalue weighted by atomic mass is 16.6. The fourth-order valence-electron chi connectivity index (χ4n) is 3.00. The van der Waals surface area contributed by atoms with Crippen LogP contribution in [0.3, 0.4) is 0 Å². The largest absolute Gasteiger partial charge is 0.452 e. The molecule has 1 aliphatic heterocycles. The summed E-state index contributed by atoms with van der Waals surface area (Å²) in [6.45, 7) is 5.24. The zero-order valence-electron chi connectivity index (χ0n) is 14.1. The lowest BCUT2D eigenvalue weighted by atomic mass is 10.1. The Hall–Kier alpha value is -2.43. The number of aromatic nitrogens is 1. The van der Waals surface area contributed by atoms with Crippen LogP contribution in [0.25, 0.3) is 10.9 Å². The van der Waals surface area contributed by atoms with Crippen LogP contribution in [-0.4, -0.2) is 34.4 Å². The van der Waals surface area contributed by atoms with Crippen LogP contribution in [0.5, 0.6) is 0 Å². The Morgan fingerprint density at radius 3 is 2.88 bits per heavy atom. The number of nitrogens with zero attached hydrogens (tertiary/aromatic N) is 2. The van der Waals surface area contributed by atoms with Gasteiger partial charge in [-0.3, -0.25) is 14.6 Å². The van der Waals surface area contributed by atoms with Gasteiger partial charge in [0.2, 0.25) is 0 Å². The van der Waals surface area contributed by atoms with Gasteiger partial charge in [-0.25, -0.2) is 0 Å². The van der Waals surface area contributed by atoms with Gasteiger partial charge in [-0.1, -0.05) is 32.0 Å². The number of carbonyl (C=O) groups excluding carboxylic acids is 2. The molecule has 0 radical (unpaired) electrons. The van der Waals surface area contributed by atoms with Crippen molar-refractivity contribution in [3.63, 3.8) is 0 Å². The summed E-state index contributed by atoms with van der Waals surface area (Å²) >= 11 is 0. The van der Waals surface area contributed by atoms with Crippen LogP contribution in [0.15, 0.2) is 36.5 Å². The second kappa shape index (κ2) is 6.99. The van der Waals surface area contributed by atoms with Gasteiger partial charge in [0.25, 0.3) is 5.91 Å². The van der Waals surface area contributed by atoms with Crippen LogP contribution in [0.2, 0.25) is 0 Å². The molecule has 1 aromatic heterocycles. The lowest BCUT2D eigenvalue weighted by molar-refractivity contribution is -0.153. The van der Waals surface area contributed by atoms with E-state index in [1.54, 1.807) is 4.90 Å². The number of hydrogen-bond acceptors (Lipinski definition) is 4. The first-order valence-electron chi connectivity index (χ1n) is 8.35. The second-order valence-electron chi connectivity index (χ2n) is 6.67. The van der Waals surface area contributed by atoms with E-state index in [0.29, 0.717) is 31.8 Å². The van der Waals surface area contributed by atoms with E-state index < -0.39 is 6.10 Å². The molecule has 1 aromatic carbocycles. The smallest absolute Gasteiger partial charge is 0.306 e. The number of para-hydroxylation sites is 1. The number of ether oxygens (including phenoxy) is 1. The van der Waals surface area contributed by atoms with Gasteiger partial charge in [0.05, 0.1) is 5.52 Å². The van der Waals surface area contributed by atoms with E-state index in [2.05, 4.69) is 24.9 Å². The van der Waals surface area contributed by atoms with Crippen LogP contribution in [0.4, 0.5) is 0 Å². The second-order valence-corrected chi connectivity index (χ2v) is 6.67. The van der Waals surface area contributed by atoms with Crippen molar-refractivity contribution in [2.24, 2.45) is 5.92 Å². The zero-order chi connectivity index (χ0) is 17.1. The standard InChI is InChI=1S/C19H22N2O3/c1-13(2)11-21(19(23)17-7-8-18(22)24-17)12-14-9-15-5-3-4-6-16(15)20-10-14/h3-6,9-10,13,17H,7-8,11-12H2,1-2H3/t17-/m0/s1. The van der Waals surface area contributed by atoms with Gasteiger partial charge >= 0.3 is 5.97 Å². The number of hydrogen-bond donors (Lipinski definition) is 0. The molecule has 2 heterocycles. The van der Waals surface area contributed by atoms with E-state index in [-0.39, 0.29) is 11.9 Å². The summed E-state index contributed by atoms with van der Waals surface area (Å²) in [5.41, 5.74) is 1.92. The molecule has 126 valence electrons. The van der Waals surface area contributed by atoms with Crippen molar-refractivity contribution in [1.29, 1.82) is 0 Å². The van der Waals surface area contributed by atoms with Crippen molar-refractivity contribution in [3.05, 3.63) is 42.1 Å². The molecule has 3 rings (SSSR count). The number of amides is 1. The molecule has 0 N–H and O–H groups in total. The van der Waals surface area contributed by atoms with E-state index in [4.69, 9.17) is 4.74 Å². The predicted octanol–water partition coefficient (Wildman–Crippen LogP) is 2.93. The van der Waals surface area contributed by atoms with E-state index in [1.807, 2.05) is 30.5 Å². The first-order valence-corrected chi connectivity index (χ1v) is 8.35. The third-order valence-electron chi connectivity index (χ3n) is 4.08. The topological polar surface area (TPSA) is 59.5 Å². The van der Waals surface area contributed by atoms with Crippen molar-refractivity contribution in [2.75, 3.05) is 6.54 Å². The van der Waals surface area contributed by atoms with Crippen molar-refractivity contribution in [3.8, 4) is 0 Å². The molecule has 0 saturated carbocycles. The van der Waals surface area contributed by atoms with Crippen molar-refractivity contribution >= 4 is 22.8 Å². The van der Waals surface area contributed by atoms with Gasteiger partial charge in [0, 0.05) is 37.5 Å². The van der Waals surface area contributed by atoms with Gasteiger partial charge in [-0.15, -0.1) is 0 Å². The molecular weight excluding hydrogens is 304 g/mol. The molecule has 0 unspecified atom stereocenters. The predicted molar refractivity (Wildman–Crippen MR) is 91.1 cm³/mol. The van der Waals surface area contributed by atoms with Gasteiger partial charge in [-0.05, 0) is 23.6 Å². The first-order chi connectivity index (χ1) is 11.5. The molecular formula is C19H22N2O3. The summed E-state index contributed by atoms with van der Waals surface area (Å²) in [7, 11) is 0. The average molecular weight is 326 g/mol. The summed E-state index contributed by atoms with van der Waals surface area (Å²) in [5.74, 6) is -0.0626. The summed E-state index contributed by atoms with van der Waals surface area (Å²) in [6.07, 6.45) is 1.97. The number of rotatable bonds is 5. The monoisotopic (exact) mass is 326 g/mol. The SMILES string of the molecule is CC(C)CN(Cc1cnc2ccccc2c1)C(=O)[C@@H]1CCC(=O)O1. The Morgan fingerprint density at radius 1 is 1.38 bits per heavy atom. The maximum atomic E-state index is 12.7. The lowest BCUT2D eigenvalue weighted by Gasteiger charge is -2.26. The molecule has 1 amide bonds. The molecule has 1 atom stereocenters. The Kier molecular flexibility index (Phi) is 4.79. The fraction of sp³-hybridized carbons (Fsp3) is 0.421. The first kappa shape index (κ1) is 16.4. The molecule has 1 saturated heterocycles. The molecule has 2 aromatic rings. The zero-order valence-corrected chi connectivity index (χ0v) is 14.1. The van der Waals surface area contributed by atoms with Gasteiger partial charge in [0.1, 0.15) is 0 Å². The summed E-state index contributed by atoms with van der Waals surface area (Å²) in [6, 6.07) is 9.97. The molecule has 24 heavy (non-hydrogen) atoms. The Bertz CT molecular complexity index is 757. The maximum absolute atomic E-state index is 12.7. The van der Waals surface area contributed by atoms with Crippen LogP contribution >= 0.6 is 0 Å². The number of carbonyl (C=O) groups is 2. The minimum Gasteiger partial charge on any atom is -0.452 e. The Balaban J connectivity index is 1.79. The molecule has 0 aliphatic carbocycles. The summed E-state index contributed by atoms with van der Waals surface area (Å²) in [5, 5.41) is 1.05. The third kappa shape index (κ3) is 3.72. The van der Waals surface area contributed by atoms with Crippen molar-refractivity contribution in [1.82, 2.24) is 9.88 Å². The average Bonchev–Trinajstić information content (AvgIpc) is 2.99. The number of fused-ring (bicyclic) bond motifs is 1. The highest BCUT2D eigenvalue weighted by molar-refractivity contribution is 5.86. The van der Waals surface area contributed by atoms with Crippen LogP contribution in [0.1, 0.15) is 32.3 Å².